The van der Waals surface area contributed by atoms with Crippen LogP contribution >= 0.6 is 0 Å². The van der Waals surface area contributed by atoms with Gasteiger partial charge in [-0.25, -0.2) is 4.68 Å². The highest BCUT2D eigenvalue weighted by Crippen LogP contribution is 2.19. The van der Waals surface area contributed by atoms with Crippen molar-refractivity contribution >= 4 is 11.6 Å². The zero-order valence-corrected chi connectivity index (χ0v) is 9.12. The van der Waals surface area contributed by atoms with E-state index in [0.29, 0.717) is 17.4 Å². The molecule has 0 spiro atoms. The van der Waals surface area contributed by atoms with E-state index in [9.17, 15) is 4.79 Å². The number of carbonyl (C=O) groups is 1. The number of ether oxygens (including phenoxy) is 1. The van der Waals surface area contributed by atoms with E-state index in [0.717, 1.165) is 0 Å². The molecule has 2 aromatic rings. The molecule has 0 aromatic carbocycles. The first-order chi connectivity index (χ1) is 8.11. The average molecular weight is 233 g/mol. The van der Waals surface area contributed by atoms with Gasteiger partial charge in [-0.15, -0.1) is 0 Å². The third-order valence-corrected chi connectivity index (χ3v) is 2.14. The predicted octanol–water partition coefficient (Wildman–Crippen LogP) is -0.0430. The first-order valence-corrected chi connectivity index (χ1v) is 4.78. The molecule has 0 bridgehead atoms. The molecule has 7 heteroatoms. The Labute approximate surface area is 97.0 Å². The number of methoxy groups -OCH3 is 1. The molecule has 0 atom stereocenters. The van der Waals surface area contributed by atoms with Crippen LogP contribution in [0.5, 0.6) is 5.88 Å². The van der Waals surface area contributed by atoms with Gasteiger partial charge >= 0.3 is 0 Å². The molecule has 0 aliphatic rings. The summed E-state index contributed by atoms with van der Waals surface area (Å²) < 4.78 is 6.41. The first kappa shape index (κ1) is 10.9. The fourth-order valence-electron chi connectivity index (χ4n) is 1.32. The van der Waals surface area contributed by atoms with Gasteiger partial charge in [0.15, 0.2) is 5.82 Å². The Morgan fingerprint density at radius 2 is 2.18 bits per heavy atom. The van der Waals surface area contributed by atoms with E-state index in [-0.39, 0.29) is 5.69 Å². The van der Waals surface area contributed by atoms with Crippen molar-refractivity contribution in [3.8, 4) is 11.7 Å². The summed E-state index contributed by atoms with van der Waals surface area (Å²) in [5, 5.41) is 3.97. The molecule has 0 saturated heterocycles. The number of hydrogen-bond donors (Lipinski definition) is 2. The molecule has 7 nitrogen and oxygen atoms in total. The molecular weight excluding hydrogens is 222 g/mol. The van der Waals surface area contributed by atoms with E-state index in [2.05, 4.69) is 10.1 Å². The van der Waals surface area contributed by atoms with Crippen LogP contribution in [0.4, 0.5) is 5.69 Å². The second-order valence-electron chi connectivity index (χ2n) is 3.28. The molecule has 0 unspecified atom stereocenters. The molecule has 0 aliphatic heterocycles. The Balaban J connectivity index is 2.42. The summed E-state index contributed by atoms with van der Waals surface area (Å²) in [6.07, 6.45) is 1.58. The highest BCUT2D eigenvalue weighted by Gasteiger charge is 2.08. The molecular formula is C10H11N5O2. The maximum absolute atomic E-state index is 10.9. The average Bonchev–Trinajstić information content (AvgIpc) is 2.79. The maximum Gasteiger partial charge on any atom is 0.269 e. The number of nitrogens with two attached hydrogens (primary N) is 2. The minimum absolute atomic E-state index is 0.169. The molecule has 0 saturated carbocycles. The van der Waals surface area contributed by atoms with Crippen molar-refractivity contribution in [2.24, 2.45) is 5.73 Å². The molecule has 4 N–H and O–H groups in total. The number of rotatable bonds is 3. The zero-order valence-electron chi connectivity index (χ0n) is 9.12. The van der Waals surface area contributed by atoms with E-state index < -0.39 is 5.91 Å². The Morgan fingerprint density at radius 1 is 1.41 bits per heavy atom. The molecule has 2 rings (SSSR count). The summed E-state index contributed by atoms with van der Waals surface area (Å²) >= 11 is 0. The van der Waals surface area contributed by atoms with Crippen molar-refractivity contribution in [1.82, 2.24) is 14.8 Å². The zero-order chi connectivity index (χ0) is 12.4. The normalized spacial score (nSPS) is 10.2. The molecule has 0 radical (unpaired) electrons. The van der Waals surface area contributed by atoms with Gasteiger partial charge < -0.3 is 16.2 Å². The standard InChI is InChI=1S/C10H11N5O2/c1-17-10-6(11)2-3-8(13-10)15-5-4-7(14-15)9(12)16/h2-5H,11H2,1H3,(H2,12,16). The van der Waals surface area contributed by atoms with Crippen LogP contribution in [0, 0.1) is 0 Å². The quantitative estimate of drug-likeness (QED) is 0.772. The van der Waals surface area contributed by atoms with Crippen molar-refractivity contribution in [3.05, 3.63) is 30.1 Å². The Hall–Kier alpha value is -2.57. The lowest BCUT2D eigenvalue weighted by atomic mass is 10.4. The summed E-state index contributed by atoms with van der Waals surface area (Å²) in [4.78, 5) is 15.0. The number of amides is 1. The van der Waals surface area contributed by atoms with E-state index in [1.807, 2.05) is 0 Å². The topological polar surface area (TPSA) is 109 Å². The van der Waals surface area contributed by atoms with Gasteiger partial charge in [0, 0.05) is 6.20 Å². The lowest BCUT2D eigenvalue weighted by molar-refractivity contribution is 0.0995. The molecule has 2 heterocycles. The molecule has 1 amide bonds. The number of aromatic nitrogens is 3. The molecule has 17 heavy (non-hydrogen) atoms. The summed E-state index contributed by atoms with van der Waals surface area (Å²) in [6, 6.07) is 4.81. The maximum atomic E-state index is 10.9. The Morgan fingerprint density at radius 3 is 2.76 bits per heavy atom. The summed E-state index contributed by atoms with van der Waals surface area (Å²) in [5.74, 6) is 0.202. The number of nitrogen functional groups attached to an aromatic ring is 1. The van der Waals surface area contributed by atoms with Crippen LogP contribution in [0.2, 0.25) is 0 Å². The molecule has 88 valence electrons. The summed E-state index contributed by atoms with van der Waals surface area (Å²) in [6.45, 7) is 0. The third kappa shape index (κ3) is 2.03. The van der Waals surface area contributed by atoms with Crippen LogP contribution in [-0.2, 0) is 0 Å². The molecule has 0 fully saturated rings. The largest absolute Gasteiger partial charge is 0.479 e. The van der Waals surface area contributed by atoms with Crippen LogP contribution in [0.25, 0.3) is 5.82 Å². The lowest BCUT2D eigenvalue weighted by Gasteiger charge is -2.05. The van der Waals surface area contributed by atoms with Crippen LogP contribution in [-0.4, -0.2) is 27.8 Å². The van der Waals surface area contributed by atoms with Crippen molar-refractivity contribution < 1.29 is 9.53 Å². The number of pyridine rings is 1. The summed E-state index contributed by atoms with van der Waals surface area (Å²) in [7, 11) is 1.47. The summed E-state index contributed by atoms with van der Waals surface area (Å²) in [5.41, 5.74) is 11.3. The fourth-order valence-corrected chi connectivity index (χ4v) is 1.32. The number of carbonyl (C=O) groups excluding carboxylic acids is 1. The fraction of sp³-hybridized carbons (Fsp3) is 0.100. The smallest absolute Gasteiger partial charge is 0.269 e. The van der Waals surface area contributed by atoms with E-state index in [1.165, 1.54) is 17.9 Å². The van der Waals surface area contributed by atoms with Crippen molar-refractivity contribution in [2.45, 2.75) is 0 Å². The van der Waals surface area contributed by atoms with Gasteiger partial charge in [0.05, 0.1) is 12.8 Å². The van der Waals surface area contributed by atoms with Gasteiger partial charge in [0.2, 0.25) is 5.88 Å². The second kappa shape index (κ2) is 4.12. The van der Waals surface area contributed by atoms with Gasteiger partial charge in [-0.05, 0) is 18.2 Å². The van der Waals surface area contributed by atoms with E-state index in [1.54, 1.807) is 18.3 Å². The van der Waals surface area contributed by atoms with Crippen LogP contribution in [0.3, 0.4) is 0 Å². The van der Waals surface area contributed by atoms with Gasteiger partial charge in [0.25, 0.3) is 5.91 Å². The van der Waals surface area contributed by atoms with E-state index in [4.69, 9.17) is 16.2 Å². The van der Waals surface area contributed by atoms with E-state index >= 15 is 0 Å². The number of anilines is 1. The molecule has 0 aliphatic carbocycles. The minimum Gasteiger partial charge on any atom is -0.479 e. The number of nitrogens with zero attached hydrogens (tertiary/aromatic N) is 3. The SMILES string of the molecule is COc1nc(-n2ccc(C(N)=O)n2)ccc1N. The monoisotopic (exact) mass is 233 g/mol. The first-order valence-electron chi connectivity index (χ1n) is 4.78. The Bertz CT molecular complexity index is 564. The molecule has 2 aromatic heterocycles. The van der Waals surface area contributed by atoms with Crippen molar-refractivity contribution in [2.75, 3.05) is 12.8 Å². The minimum atomic E-state index is -0.592. The van der Waals surface area contributed by atoms with Gasteiger partial charge in [0.1, 0.15) is 5.69 Å². The lowest BCUT2D eigenvalue weighted by Crippen LogP contribution is -2.12. The second-order valence-corrected chi connectivity index (χ2v) is 3.28. The van der Waals surface area contributed by atoms with Gasteiger partial charge in [-0.3, -0.25) is 4.79 Å². The van der Waals surface area contributed by atoms with Crippen molar-refractivity contribution in [1.29, 1.82) is 0 Å². The third-order valence-electron chi connectivity index (χ3n) is 2.14. The van der Waals surface area contributed by atoms with Crippen LogP contribution in [0.1, 0.15) is 10.5 Å². The highest BCUT2D eigenvalue weighted by atomic mass is 16.5. The van der Waals surface area contributed by atoms with Crippen LogP contribution in [0.15, 0.2) is 24.4 Å². The number of primary amides is 1. The van der Waals surface area contributed by atoms with Crippen LogP contribution < -0.4 is 16.2 Å². The van der Waals surface area contributed by atoms with Gasteiger partial charge in [-0.2, -0.15) is 10.1 Å². The van der Waals surface area contributed by atoms with Crippen molar-refractivity contribution in [3.63, 3.8) is 0 Å². The van der Waals surface area contributed by atoms with Gasteiger partial charge in [-0.1, -0.05) is 0 Å². The Kier molecular flexibility index (Phi) is 2.65. The number of hydrogen-bond acceptors (Lipinski definition) is 5. The highest BCUT2D eigenvalue weighted by molar-refractivity contribution is 5.90. The predicted molar refractivity (Wildman–Crippen MR) is 60.8 cm³/mol.